The Hall–Kier alpha value is -5.20. The lowest BCUT2D eigenvalue weighted by Gasteiger charge is -2.28. The number of aryl methyl sites for hydroxylation is 1. The quantitative estimate of drug-likeness (QED) is 0.251. The number of nitrogens with zero attached hydrogens (tertiary/aromatic N) is 7. The molecule has 1 aromatic carbocycles. The van der Waals surface area contributed by atoms with Crippen molar-refractivity contribution < 1.29 is 28.3 Å². The maximum absolute atomic E-state index is 13.6. The highest BCUT2D eigenvalue weighted by atomic mass is 32.1. The zero-order chi connectivity index (χ0) is 35.5. The Morgan fingerprint density at radius 2 is 1.69 bits per heavy atom. The predicted molar refractivity (Wildman–Crippen MR) is 182 cm³/mol. The second-order valence-electron chi connectivity index (χ2n) is 13.3. The summed E-state index contributed by atoms with van der Waals surface area (Å²) in [6.45, 7) is 14.5. The van der Waals surface area contributed by atoms with Crippen LogP contribution in [0.3, 0.4) is 0 Å². The summed E-state index contributed by atoms with van der Waals surface area (Å²) in [5.74, 6) is -0.415. The van der Waals surface area contributed by atoms with E-state index in [1.165, 1.54) is 23.6 Å². The Labute approximate surface area is 288 Å². The molecule has 0 radical (unpaired) electrons. The van der Waals surface area contributed by atoms with E-state index in [9.17, 15) is 19.6 Å². The number of thiophene rings is 1. The Morgan fingerprint density at radius 3 is 2.33 bits per heavy atom. The van der Waals surface area contributed by atoms with E-state index in [-0.39, 0.29) is 40.5 Å². The average molecular weight is 687 g/mol. The fourth-order valence-corrected chi connectivity index (χ4v) is 5.75. The molecule has 5 rings (SSSR count). The van der Waals surface area contributed by atoms with Gasteiger partial charge >= 0.3 is 12.2 Å². The van der Waals surface area contributed by atoms with Crippen LogP contribution in [0.25, 0.3) is 33.6 Å². The number of hydrogen-bond acceptors (Lipinski definition) is 13. The van der Waals surface area contributed by atoms with E-state index in [2.05, 4.69) is 26.6 Å². The molecule has 1 N–H and O–H groups in total. The monoisotopic (exact) mass is 686 g/mol. The van der Waals surface area contributed by atoms with E-state index in [0.717, 1.165) is 23.4 Å². The van der Waals surface area contributed by atoms with Crippen molar-refractivity contribution in [2.24, 2.45) is 0 Å². The lowest BCUT2D eigenvalue weighted by molar-refractivity contribution is 0.0428. The van der Waals surface area contributed by atoms with Gasteiger partial charge in [0.2, 0.25) is 0 Å². The maximum Gasteiger partial charge on any atom is 0.425 e. The van der Waals surface area contributed by atoms with Crippen molar-refractivity contribution in [3.05, 3.63) is 52.5 Å². The van der Waals surface area contributed by atoms with E-state index < -0.39 is 23.4 Å². The molecule has 1 fully saturated rings. The van der Waals surface area contributed by atoms with Gasteiger partial charge < -0.3 is 24.1 Å². The number of aromatic nitrogens is 4. The number of imide groups is 1. The van der Waals surface area contributed by atoms with Crippen LogP contribution in [0, 0.1) is 18.3 Å². The standard InChI is InChI=1S/C34H38N8O6S/c1-20-11-16-49-26(20)29-40-39-28(46-29)25-27(42(31(44)47-33(2,3)4)32(45)48-34(5,6)7)37-19-24(38-25)23-10-9-21(17-22(23)18-35)30(43)41-14-8-12-36-13-15-41/h9-11,16-17,19,36H,8,12-15H2,1-7H3. The maximum atomic E-state index is 13.6. The number of carbonyl (C=O) groups excluding carboxylic acids is 3. The number of nitrogens with one attached hydrogen (secondary N) is 1. The molecule has 1 saturated heterocycles. The van der Waals surface area contributed by atoms with Crippen LogP contribution in [-0.4, -0.2) is 80.5 Å². The van der Waals surface area contributed by atoms with Crippen molar-refractivity contribution in [2.45, 2.75) is 66.1 Å². The minimum Gasteiger partial charge on any atom is -0.443 e. The van der Waals surface area contributed by atoms with E-state index in [0.29, 0.717) is 35.7 Å². The summed E-state index contributed by atoms with van der Waals surface area (Å²) >= 11 is 1.40. The molecule has 3 amide bonds. The molecule has 1 aliphatic rings. The van der Waals surface area contributed by atoms with Crippen molar-refractivity contribution in [1.29, 1.82) is 5.26 Å². The third-order valence-corrected chi connectivity index (χ3v) is 8.10. The van der Waals surface area contributed by atoms with Crippen molar-refractivity contribution >= 4 is 35.2 Å². The van der Waals surface area contributed by atoms with E-state index in [1.54, 1.807) is 58.6 Å². The third kappa shape index (κ3) is 8.27. The van der Waals surface area contributed by atoms with Gasteiger partial charge in [-0.1, -0.05) is 6.07 Å². The van der Waals surface area contributed by atoms with Crippen LogP contribution in [0.1, 0.15) is 69.4 Å². The number of benzene rings is 1. The normalized spacial score (nSPS) is 13.7. The summed E-state index contributed by atoms with van der Waals surface area (Å²) in [7, 11) is 0. The van der Waals surface area contributed by atoms with Gasteiger partial charge in [0.05, 0.1) is 28.4 Å². The number of rotatable bonds is 5. The van der Waals surface area contributed by atoms with Gasteiger partial charge in [-0.25, -0.2) is 19.6 Å². The summed E-state index contributed by atoms with van der Waals surface area (Å²) in [6, 6.07) is 8.83. The largest absolute Gasteiger partial charge is 0.443 e. The van der Waals surface area contributed by atoms with E-state index >= 15 is 0 Å². The SMILES string of the molecule is Cc1ccsc1-c1nnc(-c2nc(-c3ccc(C(=O)N4CCCNCC4)cc3C#N)cnc2N(C(=O)OC(C)(C)C)C(=O)OC(C)(C)C)o1. The van der Waals surface area contributed by atoms with Crippen LogP contribution >= 0.6 is 11.3 Å². The summed E-state index contributed by atoms with van der Waals surface area (Å²) in [4.78, 5) is 52.9. The third-order valence-electron chi connectivity index (χ3n) is 7.09. The second kappa shape index (κ2) is 14.1. The molecule has 0 bridgehead atoms. The van der Waals surface area contributed by atoms with Crippen molar-refractivity contribution in [2.75, 3.05) is 31.1 Å². The Balaban J connectivity index is 1.64. The second-order valence-corrected chi connectivity index (χ2v) is 14.3. The highest BCUT2D eigenvalue weighted by Crippen LogP contribution is 2.35. The molecule has 15 heteroatoms. The first-order chi connectivity index (χ1) is 23.1. The molecule has 49 heavy (non-hydrogen) atoms. The molecule has 0 saturated carbocycles. The first kappa shape index (κ1) is 35.1. The number of ether oxygens (including phenoxy) is 2. The molecule has 0 spiro atoms. The van der Waals surface area contributed by atoms with Gasteiger partial charge in [0, 0.05) is 30.8 Å². The molecule has 14 nitrogen and oxygen atoms in total. The van der Waals surface area contributed by atoms with Gasteiger partial charge in [0.15, 0.2) is 11.5 Å². The van der Waals surface area contributed by atoms with Gasteiger partial charge in [-0.2, -0.15) is 10.2 Å². The molecule has 4 heterocycles. The Bertz CT molecular complexity index is 1880. The van der Waals surface area contributed by atoms with Crippen LogP contribution in [0.15, 0.2) is 40.3 Å². The van der Waals surface area contributed by atoms with Crippen molar-refractivity contribution in [1.82, 2.24) is 30.4 Å². The smallest absolute Gasteiger partial charge is 0.425 e. The molecule has 256 valence electrons. The van der Waals surface area contributed by atoms with E-state index in [1.807, 2.05) is 18.4 Å². The summed E-state index contributed by atoms with van der Waals surface area (Å²) in [5, 5.41) is 23.7. The van der Waals surface area contributed by atoms with Crippen molar-refractivity contribution in [3.63, 3.8) is 0 Å². The zero-order valence-corrected chi connectivity index (χ0v) is 29.3. The van der Waals surface area contributed by atoms with Crippen LogP contribution in [0.2, 0.25) is 0 Å². The number of anilines is 1. The van der Waals surface area contributed by atoms with Gasteiger partial charge in [0.25, 0.3) is 17.7 Å². The Kier molecular flexibility index (Phi) is 10.1. The first-order valence-corrected chi connectivity index (χ1v) is 16.6. The van der Waals surface area contributed by atoms with Gasteiger partial charge in [-0.05, 0) is 90.6 Å². The van der Waals surface area contributed by atoms with Gasteiger partial charge in [-0.3, -0.25) is 4.79 Å². The zero-order valence-electron chi connectivity index (χ0n) is 28.5. The minimum absolute atomic E-state index is 0.136. The summed E-state index contributed by atoms with van der Waals surface area (Å²) in [5.41, 5.74) is -0.115. The molecule has 0 aliphatic carbocycles. The molecular weight excluding hydrogens is 648 g/mol. The number of nitriles is 1. The highest BCUT2D eigenvalue weighted by molar-refractivity contribution is 7.13. The molecule has 3 aromatic heterocycles. The molecule has 4 aromatic rings. The predicted octanol–water partition coefficient (Wildman–Crippen LogP) is 6.21. The van der Waals surface area contributed by atoms with Crippen LogP contribution in [0.4, 0.5) is 15.4 Å². The number of amides is 3. The Morgan fingerprint density at radius 1 is 1.00 bits per heavy atom. The average Bonchev–Trinajstić information content (AvgIpc) is 3.59. The summed E-state index contributed by atoms with van der Waals surface area (Å²) in [6.07, 6.45) is -0.00195. The van der Waals surface area contributed by atoms with Crippen molar-refractivity contribution in [3.8, 4) is 39.7 Å². The van der Waals surface area contributed by atoms with E-state index in [4.69, 9.17) is 18.9 Å². The van der Waals surface area contributed by atoms with Crippen LogP contribution in [-0.2, 0) is 9.47 Å². The molecule has 0 atom stereocenters. The van der Waals surface area contributed by atoms with Crippen LogP contribution < -0.4 is 10.2 Å². The van der Waals surface area contributed by atoms with Gasteiger partial charge in [-0.15, -0.1) is 21.5 Å². The lowest BCUT2D eigenvalue weighted by Crippen LogP contribution is -2.44. The number of hydrogen-bond donors (Lipinski definition) is 1. The lowest BCUT2D eigenvalue weighted by atomic mass is 10.0. The minimum atomic E-state index is -1.07. The van der Waals surface area contributed by atoms with Gasteiger partial charge in [0.1, 0.15) is 11.2 Å². The fraction of sp³-hybridized carbons (Fsp3) is 0.412. The molecule has 1 aliphatic heterocycles. The topological polar surface area (TPSA) is 177 Å². The van der Waals surface area contributed by atoms with Crippen LogP contribution in [0.5, 0.6) is 0 Å². The fourth-order valence-electron chi connectivity index (χ4n) is 4.91. The first-order valence-electron chi connectivity index (χ1n) is 15.7. The highest BCUT2D eigenvalue weighted by Gasteiger charge is 2.37. The summed E-state index contributed by atoms with van der Waals surface area (Å²) < 4.78 is 17.2. The molecular formula is C34H38N8O6S. The number of carbonyl (C=O) groups is 3. The molecule has 0 unspecified atom stereocenters.